The van der Waals surface area contributed by atoms with E-state index in [-0.39, 0.29) is 15.6 Å². The summed E-state index contributed by atoms with van der Waals surface area (Å²) in [5.41, 5.74) is 2.32. The number of rotatable bonds is 3. The number of aryl methyl sites for hydroxylation is 1. The number of anilines is 1. The monoisotopic (exact) mass is 385 g/mol. The molecule has 1 fully saturated rings. The molecule has 1 aliphatic heterocycles. The van der Waals surface area contributed by atoms with Crippen molar-refractivity contribution >= 4 is 26.4 Å². The molecule has 3 aromatic rings. The first-order valence-corrected chi connectivity index (χ1v) is 10.7. The van der Waals surface area contributed by atoms with Crippen LogP contribution in [0.2, 0.25) is 0 Å². The second kappa shape index (κ2) is 6.93. The molecule has 4 nitrogen and oxygen atoms in total. The fraction of sp³-hybridized carbons (Fsp3) is 0.286. The van der Waals surface area contributed by atoms with Crippen molar-refractivity contribution in [1.29, 1.82) is 0 Å². The van der Waals surface area contributed by atoms with Gasteiger partial charge in [-0.1, -0.05) is 17.7 Å². The number of piperidine rings is 1. The molecule has 1 aromatic heterocycles. The summed E-state index contributed by atoms with van der Waals surface area (Å²) in [5.74, 6) is -0.376. The number of aromatic nitrogens is 1. The van der Waals surface area contributed by atoms with E-state index in [4.69, 9.17) is 0 Å². The third-order valence-electron chi connectivity index (χ3n) is 5.12. The number of H-pyrrole nitrogens is 1. The van der Waals surface area contributed by atoms with E-state index in [0.717, 1.165) is 43.4 Å². The van der Waals surface area contributed by atoms with E-state index in [1.54, 1.807) is 36.5 Å². The predicted octanol–water partition coefficient (Wildman–Crippen LogP) is 3.92. The highest BCUT2D eigenvalue weighted by atomic mass is 32.2. The van der Waals surface area contributed by atoms with E-state index < -0.39 is 9.84 Å². The van der Waals surface area contributed by atoms with Gasteiger partial charge in [-0.15, -0.1) is 0 Å². The Morgan fingerprint density at radius 3 is 2.41 bits per heavy atom. The van der Waals surface area contributed by atoms with Crippen LogP contribution in [0.5, 0.6) is 0 Å². The number of nitrogens with one attached hydrogen (secondary N) is 1. The second-order valence-electron chi connectivity index (χ2n) is 7.06. The molecule has 6 heteroatoms. The zero-order valence-corrected chi connectivity index (χ0v) is 16.0. The van der Waals surface area contributed by atoms with Crippen LogP contribution in [0.15, 0.2) is 58.5 Å². The van der Waals surface area contributed by atoms with Crippen LogP contribution in [-0.2, 0) is 9.84 Å². The van der Waals surface area contributed by atoms with Gasteiger partial charge in [-0.05, 0) is 50.5 Å². The highest BCUT2D eigenvalue weighted by Gasteiger charge is 2.30. The first-order valence-electron chi connectivity index (χ1n) is 9.17. The van der Waals surface area contributed by atoms with E-state index in [1.165, 1.54) is 12.1 Å². The Morgan fingerprint density at radius 1 is 1.00 bits per heavy atom. The molecule has 27 heavy (non-hydrogen) atoms. The van der Waals surface area contributed by atoms with E-state index in [0.29, 0.717) is 11.1 Å². The summed E-state index contributed by atoms with van der Waals surface area (Å²) in [6.07, 6.45) is 4.67. The standard InChI is InChI=1S/C21H21FN2O2S/c1-15-5-8-17(9-6-15)27(25,26)20-14-23-19-10-7-16(22)13-18(19)21(20)24-11-3-2-4-12-24/h5-10,13-14H,2-4,11-12H2,1H3/p+1. The Hall–Kier alpha value is -2.47. The Labute approximate surface area is 158 Å². The zero-order chi connectivity index (χ0) is 19.0. The van der Waals surface area contributed by atoms with Gasteiger partial charge in [0.1, 0.15) is 5.82 Å². The normalized spacial score (nSPS) is 15.3. The van der Waals surface area contributed by atoms with Crippen molar-refractivity contribution in [3.05, 3.63) is 60.0 Å². The van der Waals surface area contributed by atoms with Crippen LogP contribution in [-0.4, -0.2) is 21.5 Å². The molecular weight excluding hydrogens is 363 g/mol. The maximum Gasteiger partial charge on any atom is 0.214 e. The Balaban J connectivity index is 1.98. The lowest BCUT2D eigenvalue weighted by Crippen LogP contribution is -2.31. The molecule has 140 valence electrons. The first-order chi connectivity index (χ1) is 13.0. The minimum atomic E-state index is -3.74. The van der Waals surface area contributed by atoms with E-state index in [2.05, 4.69) is 9.88 Å². The number of fused-ring (bicyclic) bond motifs is 1. The van der Waals surface area contributed by atoms with Crippen molar-refractivity contribution in [2.24, 2.45) is 0 Å². The van der Waals surface area contributed by atoms with Gasteiger partial charge in [0.15, 0.2) is 11.1 Å². The van der Waals surface area contributed by atoms with Crippen molar-refractivity contribution in [3.63, 3.8) is 0 Å². The number of benzene rings is 2. The molecule has 0 aliphatic carbocycles. The molecule has 4 rings (SSSR count). The number of sulfone groups is 1. The number of halogens is 1. The van der Waals surface area contributed by atoms with Gasteiger partial charge in [0.2, 0.25) is 15.4 Å². The Morgan fingerprint density at radius 2 is 1.70 bits per heavy atom. The van der Waals surface area contributed by atoms with Crippen LogP contribution in [0, 0.1) is 12.7 Å². The van der Waals surface area contributed by atoms with Crippen LogP contribution in [0.1, 0.15) is 24.8 Å². The van der Waals surface area contributed by atoms with Gasteiger partial charge in [0, 0.05) is 19.2 Å². The molecule has 1 N–H and O–H groups in total. The van der Waals surface area contributed by atoms with E-state index >= 15 is 0 Å². The Kier molecular flexibility index (Phi) is 4.60. The van der Waals surface area contributed by atoms with Gasteiger partial charge in [-0.25, -0.2) is 17.8 Å². The molecule has 0 unspecified atom stereocenters. The summed E-state index contributed by atoms with van der Waals surface area (Å²) in [4.78, 5) is 5.57. The van der Waals surface area contributed by atoms with Crippen LogP contribution in [0.4, 0.5) is 10.1 Å². The van der Waals surface area contributed by atoms with Gasteiger partial charge < -0.3 is 4.90 Å². The van der Waals surface area contributed by atoms with Crippen LogP contribution >= 0.6 is 0 Å². The quantitative estimate of drug-likeness (QED) is 0.687. The van der Waals surface area contributed by atoms with Gasteiger partial charge >= 0.3 is 0 Å². The average Bonchev–Trinajstić information content (AvgIpc) is 2.68. The highest BCUT2D eigenvalue weighted by Crippen LogP contribution is 2.36. The highest BCUT2D eigenvalue weighted by molar-refractivity contribution is 7.91. The number of pyridine rings is 1. The maximum absolute atomic E-state index is 14.0. The Bertz CT molecular complexity index is 1090. The molecule has 0 atom stereocenters. The van der Waals surface area contributed by atoms with Gasteiger partial charge in [-0.3, -0.25) is 0 Å². The van der Waals surface area contributed by atoms with Crippen molar-refractivity contribution in [1.82, 2.24) is 0 Å². The number of nitrogens with zero attached hydrogens (tertiary/aromatic N) is 1. The lowest BCUT2D eigenvalue weighted by molar-refractivity contribution is -0.347. The fourth-order valence-corrected chi connectivity index (χ4v) is 5.13. The number of aromatic amines is 1. The summed E-state index contributed by atoms with van der Waals surface area (Å²) in [6.45, 7) is 3.46. The number of hydrogen-bond acceptors (Lipinski definition) is 3. The van der Waals surface area contributed by atoms with Gasteiger partial charge in [-0.2, -0.15) is 0 Å². The predicted molar refractivity (Wildman–Crippen MR) is 103 cm³/mol. The summed E-state index contributed by atoms with van der Waals surface area (Å²) < 4.78 is 40.8. The van der Waals surface area contributed by atoms with Crippen molar-refractivity contribution in [3.8, 4) is 0 Å². The topological polar surface area (TPSA) is 51.5 Å². The molecule has 0 spiro atoms. The average molecular weight is 385 g/mol. The largest absolute Gasteiger partial charge is 0.370 e. The van der Waals surface area contributed by atoms with Crippen molar-refractivity contribution < 1.29 is 17.8 Å². The van der Waals surface area contributed by atoms with Crippen LogP contribution in [0.25, 0.3) is 10.9 Å². The van der Waals surface area contributed by atoms with Crippen molar-refractivity contribution in [2.45, 2.75) is 36.0 Å². The van der Waals surface area contributed by atoms with Crippen molar-refractivity contribution in [2.75, 3.05) is 18.0 Å². The summed E-state index contributed by atoms with van der Waals surface area (Å²) in [5, 5.41) is 0.602. The third-order valence-corrected chi connectivity index (χ3v) is 6.90. The smallest absolute Gasteiger partial charge is 0.214 e. The molecule has 0 radical (unpaired) electrons. The number of hydrogen-bond donors (Lipinski definition) is 0. The molecule has 0 saturated carbocycles. The minimum absolute atomic E-state index is 0.200. The van der Waals surface area contributed by atoms with Gasteiger partial charge in [0.05, 0.1) is 16.0 Å². The fourth-order valence-electron chi connectivity index (χ4n) is 3.68. The molecule has 1 aliphatic rings. The molecule has 0 bridgehead atoms. The van der Waals surface area contributed by atoms with E-state index in [1.807, 2.05) is 6.92 Å². The van der Waals surface area contributed by atoms with Crippen LogP contribution < -0.4 is 9.88 Å². The molecule has 2 heterocycles. The first kappa shape index (κ1) is 17.9. The second-order valence-corrected chi connectivity index (χ2v) is 8.97. The SMILES string of the molecule is Cc1ccc(S(=O)(=O)c2c[nH+]c3ccc(F)cc3c2N2CCCCC2)cc1. The molecular formula is C21H22FN2O2S+. The van der Waals surface area contributed by atoms with Gasteiger partial charge in [0.25, 0.3) is 0 Å². The molecule has 2 aromatic carbocycles. The molecule has 1 saturated heterocycles. The summed E-state index contributed by atoms with van der Waals surface area (Å²) >= 11 is 0. The zero-order valence-electron chi connectivity index (χ0n) is 15.2. The minimum Gasteiger partial charge on any atom is -0.370 e. The summed E-state index contributed by atoms with van der Waals surface area (Å²) in [7, 11) is -3.74. The lowest BCUT2D eigenvalue weighted by Gasteiger charge is -2.30. The maximum atomic E-state index is 14.0. The lowest BCUT2D eigenvalue weighted by atomic mass is 10.1. The molecule has 0 amide bonds. The van der Waals surface area contributed by atoms with Crippen LogP contribution in [0.3, 0.4) is 0 Å². The summed E-state index contributed by atoms with van der Waals surface area (Å²) in [6, 6.07) is 11.3. The van der Waals surface area contributed by atoms with E-state index in [9.17, 15) is 12.8 Å². The third kappa shape index (κ3) is 3.30.